The molecular formula is C18H27N3O3. The van der Waals surface area contributed by atoms with E-state index in [2.05, 4.69) is 18.5 Å². The predicted octanol–water partition coefficient (Wildman–Crippen LogP) is 2.22. The predicted molar refractivity (Wildman–Crippen MR) is 92.3 cm³/mol. The van der Waals surface area contributed by atoms with Crippen LogP contribution >= 0.6 is 0 Å². The van der Waals surface area contributed by atoms with Crippen LogP contribution in [-0.2, 0) is 9.59 Å². The zero-order valence-electron chi connectivity index (χ0n) is 14.3. The van der Waals surface area contributed by atoms with Gasteiger partial charge in [0, 0.05) is 13.1 Å². The van der Waals surface area contributed by atoms with Crippen molar-refractivity contribution in [2.45, 2.75) is 50.5 Å². The standard InChI is InChI=1S/C18H27N3O3/c1-3-12-20(13-4-2)15(22)14-21-16(23)18(19-17(21)24)10-8-6-5-7-9-11-18/h3-4H,1-2,5-14H2,(H,19,24). The smallest absolute Gasteiger partial charge is 0.325 e. The number of hydrogen-bond donors (Lipinski definition) is 1. The van der Waals surface area contributed by atoms with Crippen LogP contribution in [0, 0.1) is 0 Å². The molecule has 1 saturated carbocycles. The molecule has 1 aliphatic heterocycles. The van der Waals surface area contributed by atoms with Crippen molar-refractivity contribution in [3.8, 4) is 0 Å². The molecule has 6 nitrogen and oxygen atoms in total. The van der Waals surface area contributed by atoms with E-state index in [1.165, 1.54) is 11.3 Å². The number of carbonyl (C=O) groups is 3. The normalized spacial score (nSPS) is 20.2. The van der Waals surface area contributed by atoms with Crippen molar-refractivity contribution in [2.75, 3.05) is 19.6 Å². The second-order valence-corrected chi connectivity index (χ2v) is 6.55. The Morgan fingerprint density at radius 3 is 2.17 bits per heavy atom. The molecule has 2 rings (SSSR count). The highest BCUT2D eigenvalue weighted by Crippen LogP contribution is 2.32. The molecule has 1 saturated heterocycles. The Bertz CT molecular complexity index is 512. The lowest BCUT2D eigenvalue weighted by Crippen LogP contribution is -2.48. The number of nitrogens with one attached hydrogen (secondary N) is 1. The quantitative estimate of drug-likeness (QED) is 0.598. The average molecular weight is 333 g/mol. The molecule has 2 aliphatic rings. The first kappa shape index (κ1) is 18.2. The number of hydrogen-bond acceptors (Lipinski definition) is 3. The fourth-order valence-electron chi connectivity index (χ4n) is 3.49. The summed E-state index contributed by atoms with van der Waals surface area (Å²) >= 11 is 0. The number of rotatable bonds is 6. The molecule has 0 radical (unpaired) electrons. The molecule has 1 heterocycles. The van der Waals surface area contributed by atoms with Crippen LogP contribution in [0.2, 0.25) is 0 Å². The highest BCUT2D eigenvalue weighted by atomic mass is 16.2. The van der Waals surface area contributed by atoms with Gasteiger partial charge in [-0.05, 0) is 12.8 Å². The second kappa shape index (κ2) is 8.13. The van der Waals surface area contributed by atoms with Gasteiger partial charge in [-0.3, -0.25) is 14.5 Å². The van der Waals surface area contributed by atoms with Gasteiger partial charge in [0.25, 0.3) is 5.91 Å². The third-order valence-corrected chi connectivity index (χ3v) is 4.80. The van der Waals surface area contributed by atoms with Gasteiger partial charge in [-0.1, -0.05) is 44.3 Å². The fourth-order valence-corrected chi connectivity index (χ4v) is 3.49. The van der Waals surface area contributed by atoms with Crippen molar-refractivity contribution in [1.82, 2.24) is 15.1 Å². The van der Waals surface area contributed by atoms with Gasteiger partial charge in [-0.2, -0.15) is 0 Å². The molecule has 1 aliphatic carbocycles. The van der Waals surface area contributed by atoms with Gasteiger partial charge in [-0.15, -0.1) is 13.2 Å². The third kappa shape index (κ3) is 3.86. The maximum atomic E-state index is 12.9. The van der Waals surface area contributed by atoms with Gasteiger partial charge >= 0.3 is 6.03 Å². The summed E-state index contributed by atoms with van der Waals surface area (Å²) in [4.78, 5) is 40.2. The molecule has 0 bridgehead atoms. The van der Waals surface area contributed by atoms with Gasteiger partial charge in [0.2, 0.25) is 5.91 Å². The van der Waals surface area contributed by atoms with E-state index in [1.54, 1.807) is 12.2 Å². The molecule has 4 amide bonds. The first-order chi connectivity index (χ1) is 11.5. The van der Waals surface area contributed by atoms with Crippen molar-refractivity contribution >= 4 is 17.8 Å². The topological polar surface area (TPSA) is 69.7 Å². The summed E-state index contributed by atoms with van der Waals surface area (Å²) in [6.07, 6.45) is 9.73. The number of nitrogens with zero attached hydrogens (tertiary/aromatic N) is 2. The number of imide groups is 1. The summed E-state index contributed by atoms with van der Waals surface area (Å²) in [6, 6.07) is -0.453. The van der Waals surface area contributed by atoms with Gasteiger partial charge < -0.3 is 10.2 Å². The highest BCUT2D eigenvalue weighted by molar-refractivity contribution is 6.09. The lowest BCUT2D eigenvalue weighted by Gasteiger charge is -2.28. The SMILES string of the molecule is C=CCN(CC=C)C(=O)CN1C(=O)NC2(CCCCCCC2)C1=O. The summed E-state index contributed by atoms with van der Waals surface area (Å²) in [6.45, 7) is 7.75. The van der Waals surface area contributed by atoms with Crippen LogP contribution in [0.5, 0.6) is 0 Å². The minimum atomic E-state index is -0.806. The molecule has 6 heteroatoms. The van der Waals surface area contributed by atoms with Crippen molar-refractivity contribution in [3.63, 3.8) is 0 Å². The van der Waals surface area contributed by atoms with Crippen LogP contribution in [0.25, 0.3) is 0 Å². The molecule has 1 spiro atoms. The zero-order valence-corrected chi connectivity index (χ0v) is 14.3. The van der Waals surface area contributed by atoms with Gasteiger partial charge in [0.15, 0.2) is 0 Å². The molecule has 0 atom stereocenters. The Morgan fingerprint density at radius 2 is 1.62 bits per heavy atom. The number of carbonyl (C=O) groups excluding carboxylic acids is 3. The molecule has 0 aromatic heterocycles. The Balaban J connectivity index is 2.08. The van der Waals surface area contributed by atoms with Crippen LogP contribution in [0.3, 0.4) is 0 Å². The summed E-state index contributed by atoms with van der Waals surface area (Å²) in [5.41, 5.74) is -0.806. The van der Waals surface area contributed by atoms with Crippen LogP contribution in [0.4, 0.5) is 4.79 Å². The lowest BCUT2D eigenvalue weighted by atomic mass is 9.84. The first-order valence-corrected chi connectivity index (χ1v) is 8.68. The van der Waals surface area contributed by atoms with E-state index in [0.717, 1.165) is 30.6 Å². The number of amides is 4. The zero-order chi connectivity index (χ0) is 17.6. The van der Waals surface area contributed by atoms with E-state index in [-0.39, 0.29) is 18.4 Å². The Hall–Kier alpha value is -2.11. The van der Waals surface area contributed by atoms with E-state index < -0.39 is 11.6 Å². The lowest BCUT2D eigenvalue weighted by molar-refractivity contribution is -0.138. The minimum absolute atomic E-state index is 0.228. The molecular weight excluding hydrogens is 306 g/mol. The van der Waals surface area contributed by atoms with Crippen LogP contribution in [0.15, 0.2) is 25.3 Å². The maximum absolute atomic E-state index is 12.9. The molecule has 0 aromatic rings. The number of urea groups is 1. The van der Waals surface area contributed by atoms with Crippen molar-refractivity contribution < 1.29 is 14.4 Å². The van der Waals surface area contributed by atoms with Crippen molar-refractivity contribution in [2.24, 2.45) is 0 Å². The van der Waals surface area contributed by atoms with Crippen molar-refractivity contribution in [3.05, 3.63) is 25.3 Å². The second-order valence-electron chi connectivity index (χ2n) is 6.55. The first-order valence-electron chi connectivity index (χ1n) is 8.68. The fraction of sp³-hybridized carbons (Fsp3) is 0.611. The Morgan fingerprint density at radius 1 is 1.08 bits per heavy atom. The largest absolute Gasteiger partial charge is 0.334 e. The van der Waals surface area contributed by atoms with E-state index in [9.17, 15) is 14.4 Å². The third-order valence-electron chi connectivity index (χ3n) is 4.80. The minimum Gasteiger partial charge on any atom is -0.334 e. The summed E-state index contributed by atoms with van der Waals surface area (Å²) < 4.78 is 0. The molecule has 132 valence electrons. The molecule has 1 N–H and O–H groups in total. The van der Waals surface area contributed by atoms with Gasteiger partial charge in [-0.25, -0.2) is 4.79 Å². The van der Waals surface area contributed by atoms with Crippen LogP contribution < -0.4 is 5.32 Å². The van der Waals surface area contributed by atoms with Crippen LogP contribution in [0.1, 0.15) is 44.9 Å². The summed E-state index contributed by atoms with van der Waals surface area (Å²) in [5.74, 6) is -0.527. The Kier molecular flexibility index (Phi) is 6.17. The molecule has 0 aromatic carbocycles. The summed E-state index contributed by atoms with van der Waals surface area (Å²) in [7, 11) is 0. The highest BCUT2D eigenvalue weighted by Gasteiger charge is 2.50. The van der Waals surface area contributed by atoms with Gasteiger partial charge in [0.1, 0.15) is 12.1 Å². The van der Waals surface area contributed by atoms with E-state index >= 15 is 0 Å². The molecule has 0 unspecified atom stereocenters. The van der Waals surface area contributed by atoms with E-state index in [4.69, 9.17) is 0 Å². The average Bonchev–Trinajstić information content (AvgIpc) is 2.76. The van der Waals surface area contributed by atoms with Gasteiger partial charge in [0.05, 0.1) is 0 Å². The molecule has 2 fully saturated rings. The summed E-state index contributed by atoms with van der Waals surface area (Å²) in [5, 5.41) is 2.87. The monoisotopic (exact) mass is 333 g/mol. The van der Waals surface area contributed by atoms with E-state index in [1.807, 2.05) is 0 Å². The van der Waals surface area contributed by atoms with E-state index in [0.29, 0.717) is 25.9 Å². The van der Waals surface area contributed by atoms with Crippen LogP contribution in [-0.4, -0.2) is 52.8 Å². The molecule has 24 heavy (non-hydrogen) atoms. The Labute approximate surface area is 143 Å². The van der Waals surface area contributed by atoms with Crippen molar-refractivity contribution in [1.29, 1.82) is 0 Å². The maximum Gasteiger partial charge on any atom is 0.325 e.